The zero-order chi connectivity index (χ0) is 22.9. The Morgan fingerprint density at radius 1 is 0.812 bits per heavy atom. The third-order valence-electron chi connectivity index (χ3n) is 6.55. The van der Waals surface area contributed by atoms with Crippen LogP contribution in [0.1, 0.15) is 48.4 Å². The minimum atomic E-state index is -4.38. The summed E-state index contributed by atoms with van der Waals surface area (Å²) in [4.78, 5) is 2.33. The van der Waals surface area contributed by atoms with Gasteiger partial charge in [0.25, 0.3) is 0 Å². The lowest BCUT2D eigenvalue weighted by Crippen LogP contribution is -2.35. The van der Waals surface area contributed by atoms with Crippen molar-refractivity contribution in [2.24, 2.45) is 11.8 Å². The van der Waals surface area contributed by atoms with Gasteiger partial charge in [0.2, 0.25) is 0 Å². The lowest BCUT2D eigenvalue weighted by Gasteiger charge is -2.40. The lowest BCUT2D eigenvalue weighted by molar-refractivity contribution is -0.138. The van der Waals surface area contributed by atoms with Gasteiger partial charge in [0, 0.05) is 18.5 Å². The van der Waals surface area contributed by atoms with E-state index in [1.807, 2.05) is 0 Å². The van der Waals surface area contributed by atoms with Crippen molar-refractivity contribution in [3.8, 4) is 5.75 Å². The molecule has 2 fully saturated rings. The Kier molecular flexibility index (Phi) is 6.43. The molecule has 1 saturated heterocycles. The van der Waals surface area contributed by atoms with Crippen LogP contribution in [0.4, 0.5) is 26.3 Å². The average molecular weight is 457 g/mol. The highest BCUT2D eigenvalue weighted by atomic mass is 19.4. The summed E-state index contributed by atoms with van der Waals surface area (Å²) >= 11 is 0. The predicted molar refractivity (Wildman–Crippen MR) is 108 cm³/mol. The van der Waals surface area contributed by atoms with Crippen molar-refractivity contribution in [1.82, 2.24) is 4.90 Å². The van der Waals surface area contributed by atoms with Gasteiger partial charge < -0.3 is 4.74 Å². The van der Waals surface area contributed by atoms with Crippen LogP contribution < -0.4 is 4.74 Å². The molecule has 0 amide bonds. The molecule has 1 aliphatic heterocycles. The third kappa shape index (κ3) is 5.22. The molecule has 4 rings (SSSR count). The van der Waals surface area contributed by atoms with E-state index in [0.717, 1.165) is 68.6 Å². The fourth-order valence-corrected chi connectivity index (χ4v) is 4.61. The number of rotatable bonds is 6. The molecule has 0 spiro atoms. The van der Waals surface area contributed by atoms with Gasteiger partial charge in [-0.3, -0.25) is 4.90 Å². The van der Waals surface area contributed by atoms with E-state index < -0.39 is 23.5 Å². The summed E-state index contributed by atoms with van der Waals surface area (Å²) in [5.41, 5.74) is -0.443. The van der Waals surface area contributed by atoms with Gasteiger partial charge in [-0.25, -0.2) is 0 Å². The van der Waals surface area contributed by atoms with Crippen molar-refractivity contribution in [3.05, 3.63) is 65.2 Å². The van der Waals surface area contributed by atoms with Gasteiger partial charge in [0.15, 0.2) is 0 Å². The highest BCUT2D eigenvalue weighted by Crippen LogP contribution is 2.44. The summed E-state index contributed by atoms with van der Waals surface area (Å²) in [6, 6.07) is 10.3. The topological polar surface area (TPSA) is 12.5 Å². The van der Waals surface area contributed by atoms with E-state index in [2.05, 4.69) is 4.90 Å². The Bertz CT molecular complexity index is 887. The van der Waals surface area contributed by atoms with Crippen molar-refractivity contribution < 1.29 is 31.1 Å². The van der Waals surface area contributed by atoms with Crippen LogP contribution in [0.25, 0.3) is 0 Å². The Morgan fingerprint density at radius 3 is 1.88 bits per heavy atom. The molecule has 2 aromatic carbocycles. The summed E-state index contributed by atoms with van der Waals surface area (Å²) in [5, 5.41) is 0. The molecule has 0 radical (unpaired) electrons. The molecule has 1 aliphatic carbocycles. The monoisotopic (exact) mass is 457 g/mol. The van der Waals surface area contributed by atoms with Crippen LogP contribution in [0.3, 0.4) is 0 Å². The van der Waals surface area contributed by atoms with E-state index in [9.17, 15) is 26.3 Å². The molecule has 174 valence electrons. The fraction of sp³-hybridized carbons (Fsp3) is 0.500. The van der Waals surface area contributed by atoms with Gasteiger partial charge in [-0.2, -0.15) is 26.3 Å². The molecule has 2 unspecified atom stereocenters. The number of ether oxygens (including phenoxy) is 1. The highest BCUT2D eigenvalue weighted by molar-refractivity contribution is 5.29. The minimum Gasteiger partial charge on any atom is -0.493 e. The maximum Gasteiger partial charge on any atom is 0.416 e. The van der Waals surface area contributed by atoms with Crippen LogP contribution in [0.5, 0.6) is 5.75 Å². The first kappa shape index (κ1) is 23.0. The number of likely N-dealkylation sites (tertiary alicyclic amines) is 1. The third-order valence-corrected chi connectivity index (χ3v) is 6.55. The normalized spacial score (nSPS) is 21.4. The van der Waals surface area contributed by atoms with E-state index in [1.54, 1.807) is 12.1 Å². The molecule has 0 aromatic heterocycles. The Labute approximate surface area is 183 Å². The molecule has 2 aliphatic rings. The maximum absolute atomic E-state index is 12.9. The standard InChI is InChI=1S/C24H25F6NO/c25-23(26,27)19-6-4-18(5-7-19)22(17-2-1-3-17)31-13-12-16(14-31)15-32-21-10-8-20(9-11-21)24(28,29)30/h4-11,16-17,22H,1-3,12-15H2. The fourth-order valence-electron chi connectivity index (χ4n) is 4.61. The van der Waals surface area contributed by atoms with Gasteiger partial charge in [-0.15, -0.1) is 0 Å². The first-order valence-corrected chi connectivity index (χ1v) is 10.8. The first-order valence-electron chi connectivity index (χ1n) is 10.8. The molecule has 1 saturated carbocycles. The van der Waals surface area contributed by atoms with Gasteiger partial charge in [-0.1, -0.05) is 18.6 Å². The number of hydrogen-bond donors (Lipinski definition) is 0. The molecule has 8 heteroatoms. The Morgan fingerprint density at radius 2 is 1.38 bits per heavy atom. The van der Waals surface area contributed by atoms with E-state index >= 15 is 0 Å². The Hall–Kier alpha value is -2.22. The van der Waals surface area contributed by atoms with Crippen LogP contribution in [0.2, 0.25) is 0 Å². The number of halogens is 6. The molecule has 0 N–H and O–H groups in total. The molecule has 0 bridgehead atoms. The number of benzene rings is 2. The molecule has 32 heavy (non-hydrogen) atoms. The van der Waals surface area contributed by atoms with Crippen molar-refractivity contribution >= 4 is 0 Å². The zero-order valence-corrected chi connectivity index (χ0v) is 17.4. The first-order chi connectivity index (χ1) is 15.1. The summed E-state index contributed by atoms with van der Waals surface area (Å²) < 4.78 is 82.6. The molecule has 2 atom stereocenters. The van der Waals surface area contributed by atoms with E-state index in [4.69, 9.17) is 4.74 Å². The number of hydrogen-bond acceptors (Lipinski definition) is 2. The SMILES string of the molecule is FC(F)(F)c1ccc(OCC2CCN(C(c3ccc(C(F)(F)F)cc3)C3CCC3)C2)cc1. The van der Waals surface area contributed by atoms with E-state index in [1.165, 1.54) is 12.1 Å². The summed E-state index contributed by atoms with van der Waals surface area (Å²) in [7, 11) is 0. The highest BCUT2D eigenvalue weighted by Gasteiger charge is 2.38. The van der Waals surface area contributed by atoms with Crippen molar-refractivity contribution in [1.29, 1.82) is 0 Å². The van der Waals surface area contributed by atoms with Crippen molar-refractivity contribution in [2.45, 2.75) is 44.1 Å². The lowest BCUT2D eigenvalue weighted by atomic mass is 9.76. The summed E-state index contributed by atoms with van der Waals surface area (Å²) in [6.45, 7) is 1.97. The molecule has 1 heterocycles. The second-order valence-corrected chi connectivity index (χ2v) is 8.74. The average Bonchev–Trinajstić information content (AvgIpc) is 3.16. The summed E-state index contributed by atoms with van der Waals surface area (Å²) in [6.07, 6.45) is -4.58. The van der Waals surface area contributed by atoms with Crippen molar-refractivity contribution in [3.63, 3.8) is 0 Å². The predicted octanol–water partition coefficient (Wildman–Crippen LogP) is 6.97. The van der Waals surface area contributed by atoms with Gasteiger partial charge in [-0.05, 0) is 73.7 Å². The molecule has 2 nitrogen and oxygen atoms in total. The molecular formula is C24H25F6NO. The largest absolute Gasteiger partial charge is 0.493 e. The number of alkyl halides is 6. The Balaban J connectivity index is 1.38. The minimum absolute atomic E-state index is 0.0853. The smallest absolute Gasteiger partial charge is 0.416 e. The van der Waals surface area contributed by atoms with Crippen molar-refractivity contribution in [2.75, 3.05) is 19.7 Å². The van der Waals surface area contributed by atoms with Crippen LogP contribution in [0, 0.1) is 11.8 Å². The molecular weight excluding hydrogens is 432 g/mol. The maximum atomic E-state index is 12.9. The summed E-state index contributed by atoms with van der Waals surface area (Å²) in [5.74, 6) is 1.05. The quantitative estimate of drug-likeness (QED) is 0.435. The molecule has 2 aromatic rings. The van der Waals surface area contributed by atoms with Crippen LogP contribution in [-0.4, -0.2) is 24.6 Å². The van der Waals surface area contributed by atoms with E-state index in [0.29, 0.717) is 18.3 Å². The van der Waals surface area contributed by atoms with Gasteiger partial charge >= 0.3 is 12.4 Å². The van der Waals surface area contributed by atoms with Gasteiger partial charge in [0.05, 0.1) is 17.7 Å². The number of nitrogens with zero attached hydrogens (tertiary/aromatic N) is 1. The van der Waals surface area contributed by atoms with Crippen LogP contribution in [0.15, 0.2) is 48.5 Å². The van der Waals surface area contributed by atoms with Gasteiger partial charge in [0.1, 0.15) is 5.75 Å². The second-order valence-electron chi connectivity index (χ2n) is 8.74. The van der Waals surface area contributed by atoms with E-state index in [-0.39, 0.29) is 12.0 Å². The zero-order valence-electron chi connectivity index (χ0n) is 17.4. The second kappa shape index (κ2) is 8.96. The van der Waals surface area contributed by atoms with Crippen LogP contribution >= 0.6 is 0 Å². The van der Waals surface area contributed by atoms with Crippen LogP contribution in [-0.2, 0) is 12.4 Å².